The van der Waals surface area contributed by atoms with Crippen molar-refractivity contribution in [2.24, 2.45) is 7.05 Å². The molecule has 0 radical (unpaired) electrons. The second-order valence-corrected chi connectivity index (χ2v) is 5.75. The minimum Gasteiger partial charge on any atom is -0.465 e. The lowest BCUT2D eigenvalue weighted by Gasteiger charge is -2.07. The molecule has 1 heterocycles. The first-order valence-corrected chi connectivity index (χ1v) is 7.62. The van der Waals surface area contributed by atoms with Crippen LogP contribution in [0.1, 0.15) is 20.8 Å². The Balaban J connectivity index is 1.85. The number of ether oxygens (including phenoxy) is 1. The number of esters is 1. The van der Waals surface area contributed by atoms with Crippen LogP contribution in [0.4, 0.5) is 5.69 Å². The summed E-state index contributed by atoms with van der Waals surface area (Å²) in [6, 6.07) is 13.8. The van der Waals surface area contributed by atoms with E-state index < -0.39 is 5.97 Å². The van der Waals surface area contributed by atoms with E-state index >= 15 is 0 Å². The summed E-state index contributed by atoms with van der Waals surface area (Å²) < 4.78 is 6.44. The minimum atomic E-state index is -0.418. The second-order valence-electron chi connectivity index (χ2n) is 5.31. The highest BCUT2D eigenvalue weighted by Gasteiger charge is 2.14. The van der Waals surface area contributed by atoms with Crippen molar-refractivity contribution in [3.8, 4) is 0 Å². The van der Waals surface area contributed by atoms with Crippen molar-refractivity contribution in [2.75, 3.05) is 12.4 Å². The molecule has 0 fully saturated rings. The summed E-state index contributed by atoms with van der Waals surface area (Å²) in [5, 5.41) is 4.37. The first-order valence-electron chi connectivity index (χ1n) is 7.24. The average Bonchev–Trinajstić information content (AvgIpc) is 2.91. The summed E-state index contributed by atoms with van der Waals surface area (Å²) in [4.78, 5) is 23.9. The van der Waals surface area contributed by atoms with E-state index in [1.165, 1.54) is 7.11 Å². The highest BCUT2D eigenvalue weighted by Crippen LogP contribution is 2.23. The molecule has 0 spiro atoms. The zero-order chi connectivity index (χ0) is 17.3. The number of amides is 1. The number of aryl methyl sites for hydroxylation is 1. The normalized spacial score (nSPS) is 10.6. The molecular weight excluding hydrogens is 328 g/mol. The van der Waals surface area contributed by atoms with Crippen LogP contribution in [0.3, 0.4) is 0 Å². The van der Waals surface area contributed by atoms with Gasteiger partial charge in [0.1, 0.15) is 5.69 Å². The standard InChI is InChI=1S/C18H15ClN2O3/c1-21-15-10-13(19)6-3-12(15)9-16(21)17(22)20-14-7-4-11(5-8-14)18(23)24-2/h3-10H,1-2H3,(H,20,22). The third-order valence-corrected chi connectivity index (χ3v) is 4.04. The molecule has 1 amide bonds. The number of hydrogen-bond donors (Lipinski definition) is 1. The molecule has 6 heteroatoms. The number of rotatable bonds is 3. The molecule has 122 valence electrons. The van der Waals surface area contributed by atoms with Gasteiger partial charge in [0.2, 0.25) is 0 Å². The Hall–Kier alpha value is -2.79. The zero-order valence-corrected chi connectivity index (χ0v) is 13.9. The van der Waals surface area contributed by atoms with Crippen LogP contribution in [0.25, 0.3) is 10.9 Å². The Kier molecular flexibility index (Phi) is 4.27. The van der Waals surface area contributed by atoms with Crippen molar-refractivity contribution in [1.82, 2.24) is 4.57 Å². The first-order chi connectivity index (χ1) is 11.5. The predicted octanol–water partition coefficient (Wildman–Crippen LogP) is 3.87. The van der Waals surface area contributed by atoms with E-state index in [-0.39, 0.29) is 5.91 Å². The second kappa shape index (κ2) is 6.37. The van der Waals surface area contributed by atoms with Gasteiger partial charge in [-0.15, -0.1) is 0 Å². The highest BCUT2D eigenvalue weighted by molar-refractivity contribution is 6.31. The summed E-state index contributed by atoms with van der Waals surface area (Å²) in [5.74, 6) is -0.658. The molecule has 0 bridgehead atoms. The third kappa shape index (κ3) is 2.98. The van der Waals surface area contributed by atoms with Crippen LogP contribution in [0.15, 0.2) is 48.5 Å². The maximum Gasteiger partial charge on any atom is 0.337 e. The summed E-state index contributed by atoms with van der Waals surface area (Å²) in [7, 11) is 3.14. The van der Waals surface area contributed by atoms with Crippen molar-refractivity contribution in [2.45, 2.75) is 0 Å². The molecule has 0 saturated heterocycles. The van der Waals surface area contributed by atoms with Gasteiger partial charge in [-0.3, -0.25) is 4.79 Å². The molecule has 1 N–H and O–H groups in total. The number of nitrogens with zero attached hydrogens (tertiary/aromatic N) is 1. The lowest BCUT2D eigenvalue weighted by molar-refractivity contribution is 0.0600. The number of halogens is 1. The fourth-order valence-corrected chi connectivity index (χ4v) is 2.69. The number of methoxy groups -OCH3 is 1. The smallest absolute Gasteiger partial charge is 0.337 e. The Morgan fingerprint density at radius 3 is 2.46 bits per heavy atom. The molecule has 2 aromatic carbocycles. The Morgan fingerprint density at radius 1 is 1.08 bits per heavy atom. The van der Waals surface area contributed by atoms with E-state index in [0.29, 0.717) is 22.0 Å². The Labute approximate surface area is 143 Å². The van der Waals surface area contributed by atoms with Crippen LogP contribution in [-0.4, -0.2) is 23.6 Å². The van der Waals surface area contributed by atoms with Gasteiger partial charge in [-0.1, -0.05) is 17.7 Å². The van der Waals surface area contributed by atoms with Gasteiger partial charge in [0, 0.05) is 28.7 Å². The van der Waals surface area contributed by atoms with E-state index in [1.807, 2.05) is 25.2 Å². The van der Waals surface area contributed by atoms with Crippen LogP contribution in [0.2, 0.25) is 5.02 Å². The molecule has 0 aliphatic heterocycles. The largest absolute Gasteiger partial charge is 0.465 e. The van der Waals surface area contributed by atoms with Crippen molar-refractivity contribution in [3.05, 3.63) is 64.8 Å². The van der Waals surface area contributed by atoms with Crippen molar-refractivity contribution in [3.63, 3.8) is 0 Å². The van der Waals surface area contributed by atoms with Crippen LogP contribution in [-0.2, 0) is 11.8 Å². The van der Waals surface area contributed by atoms with Gasteiger partial charge in [-0.2, -0.15) is 0 Å². The molecule has 0 aliphatic carbocycles. The van der Waals surface area contributed by atoms with Crippen LogP contribution >= 0.6 is 11.6 Å². The monoisotopic (exact) mass is 342 g/mol. The molecule has 1 aromatic heterocycles. The van der Waals surface area contributed by atoms with Crippen molar-refractivity contribution < 1.29 is 14.3 Å². The van der Waals surface area contributed by atoms with Gasteiger partial charge in [0.05, 0.1) is 12.7 Å². The molecule has 0 atom stereocenters. The van der Waals surface area contributed by atoms with E-state index in [2.05, 4.69) is 10.1 Å². The van der Waals surface area contributed by atoms with E-state index in [1.54, 1.807) is 34.9 Å². The fourth-order valence-electron chi connectivity index (χ4n) is 2.52. The van der Waals surface area contributed by atoms with Crippen molar-refractivity contribution in [1.29, 1.82) is 0 Å². The number of nitrogens with one attached hydrogen (secondary N) is 1. The molecular formula is C18H15ClN2O3. The van der Waals surface area contributed by atoms with E-state index in [4.69, 9.17) is 11.6 Å². The van der Waals surface area contributed by atoms with E-state index in [0.717, 1.165) is 10.9 Å². The Bertz CT molecular complexity index is 929. The van der Waals surface area contributed by atoms with Gasteiger partial charge < -0.3 is 14.6 Å². The number of aromatic nitrogens is 1. The van der Waals surface area contributed by atoms with Gasteiger partial charge >= 0.3 is 5.97 Å². The van der Waals surface area contributed by atoms with Gasteiger partial charge in [0.25, 0.3) is 5.91 Å². The summed E-state index contributed by atoms with van der Waals surface area (Å²) >= 11 is 6.01. The molecule has 24 heavy (non-hydrogen) atoms. The van der Waals surface area contributed by atoms with Gasteiger partial charge in [-0.05, 0) is 42.5 Å². The van der Waals surface area contributed by atoms with Crippen molar-refractivity contribution >= 4 is 40.1 Å². The molecule has 0 aliphatic rings. The number of carbonyl (C=O) groups excluding carboxylic acids is 2. The van der Waals surface area contributed by atoms with Gasteiger partial charge in [0.15, 0.2) is 0 Å². The summed E-state index contributed by atoms with van der Waals surface area (Å²) in [6.07, 6.45) is 0. The molecule has 5 nitrogen and oxygen atoms in total. The first kappa shape index (κ1) is 16.1. The van der Waals surface area contributed by atoms with E-state index in [9.17, 15) is 9.59 Å². The molecule has 3 aromatic rings. The topological polar surface area (TPSA) is 60.3 Å². The van der Waals surface area contributed by atoms with Gasteiger partial charge in [-0.25, -0.2) is 4.79 Å². The Morgan fingerprint density at radius 2 is 1.79 bits per heavy atom. The van der Waals surface area contributed by atoms with Crippen LogP contribution in [0.5, 0.6) is 0 Å². The quantitative estimate of drug-likeness (QED) is 0.735. The van der Waals surface area contributed by atoms with Crippen LogP contribution in [0, 0.1) is 0 Å². The predicted molar refractivity (Wildman–Crippen MR) is 93.7 cm³/mol. The number of hydrogen-bond acceptors (Lipinski definition) is 3. The third-order valence-electron chi connectivity index (χ3n) is 3.80. The highest BCUT2D eigenvalue weighted by atomic mass is 35.5. The fraction of sp³-hybridized carbons (Fsp3) is 0.111. The minimum absolute atomic E-state index is 0.240. The van der Waals surface area contributed by atoms with Crippen LogP contribution < -0.4 is 5.32 Å². The number of benzene rings is 2. The molecule has 0 unspecified atom stereocenters. The number of anilines is 1. The zero-order valence-electron chi connectivity index (χ0n) is 13.2. The lowest BCUT2D eigenvalue weighted by Crippen LogP contribution is -2.15. The average molecular weight is 343 g/mol. The molecule has 3 rings (SSSR count). The summed E-state index contributed by atoms with van der Waals surface area (Å²) in [5.41, 5.74) is 2.42. The maximum absolute atomic E-state index is 12.5. The summed E-state index contributed by atoms with van der Waals surface area (Å²) in [6.45, 7) is 0. The number of fused-ring (bicyclic) bond motifs is 1. The molecule has 0 saturated carbocycles. The number of carbonyl (C=O) groups is 2. The maximum atomic E-state index is 12.5. The SMILES string of the molecule is COC(=O)c1ccc(NC(=O)c2cc3ccc(Cl)cc3n2C)cc1. The lowest BCUT2D eigenvalue weighted by atomic mass is 10.2.